The van der Waals surface area contributed by atoms with Crippen molar-refractivity contribution >= 4 is 29.9 Å². The maximum absolute atomic E-state index is 10.3. The molecule has 0 radical (unpaired) electrons. The van der Waals surface area contributed by atoms with E-state index in [1.54, 1.807) is 0 Å². The van der Waals surface area contributed by atoms with Gasteiger partial charge in [0.15, 0.2) is 0 Å². The maximum atomic E-state index is 10.3. The molecule has 26 heavy (non-hydrogen) atoms. The highest BCUT2D eigenvalue weighted by Crippen LogP contribution is 2.29. The molecule has 2 rings (SSSR count). The van der Waals surface area contributed by atoms with Crippen LogP contribution in [0.25, 0.3) is 10.4 Å². The first-order valence-electron chi connectivity index (χ1n) is 8.73. The van der Waals surface area contributed by atoms with Gasteiger partial charge in [-0.1, -0.05) is 18.2 Å². The molecule has 144 valence electrons. The summed E-state index contributed by atoms with van der Waals surface area (Å²) in [4.78, 5) is 11.5. The number of hydrogen-bond acceptors (Lipinski definition) is 7. The summed E-state index contributed by atoms with van der Waals surface area (Å²) in [6.07, 6.45) is 4.40. The van der Waals surface area contributed by atoms with Crippen molar-refractivity contribution in [3.8, 4) is 10.4 Å². The van der Waals surface area contributed by atoms with Crippen molar-refractivity contribution in [1.82, 2.24) is 15.0 Å². The molecular weight excluding hydrogens is 366 g/mol. The quantitative estimate of drug-likeness (QED) is 0.319. The van der Waals surface area contributed by atoms with Gasteiger partial charge in [-0.25, -0.2) is 4.37 Å². The normalized spacial score (nSPS) is 11.5. The second-order valence-electron chi connectivity index (χ2n) is 5.88. The number of aryl methyl sites for hydroxylation is 1. The van der Waals surface area contributed by atoms with Crippen molar-refractivity contribution in [1.29, 1.82) is 0 Å². The van der Waals surface area contributed by atoms with Crippen LogP contribution in [0.5, 0.6) is 0 Å². The van der Waals surface area contributed by atoms with Crippen LogP contribution in [-0.2, 0) is 4.79 Å². The van der Waals surface area contributed by atoms with E-state index in [0.717, 1.165) is 43.6 Å². The minimum absolute atomic E-state index is 0.287. The number of hydrogen-bond donors (Lipinski definition) is 3. The molecule has 1 aromatic carbocycles. The zero-order valence-electron chi connectivity index (χ0n) is 15.7. The van der Waals surface area contributed by atoms with Gasteiger partial charge < -0.3 is 20.0 Å². The summed E-state index contributed by atoms with van der Waals surface area (Å²) in [5.74, 6) is 0.774. The third kappa shape index (κ3) is 8.42. The average molecular weight is 396 g/mol. The summed E-state index contributed by atoms with van der Waals surface area (Å²) in [5.41, 5.74) is 3.71. The van der Waals surface area contributed by atoms with E-state index < -0.39 is 0 Å². The fourth-order valence-electron chi connectivity index (χ4n) is 2.29. The van der Waals surface area contributed by atoms with Crippen molar-refractivity contribution in [2.45, 2.75) is 32.7 Å². The minimum atomic E-state index is 0.287. The van der Waals surface area contributed by atoms with Gasteiger partial charge in [0, 0.05) is 31.0 Å². The molecule has 0 aliphatic rings. The number of aldehydes is 1. The lowest BCUT2D eigenvalue weighted by molar-refractivity contribution is -0.107. The predicted octanol–water partition coefficient (Wildman–Crippen LogP) is 4.16. The van der Waals surface area contributed by atoms with Gasteiger partial charge >= 0.3 is 0 Å². The highest BCUT2D eigenvalue weighted by atomic mass is 32.2. The van der Waals surface area contributed by atoms with Crippen molar-refractivity contribution in [3.05, 3.63) is 41.6 Å². The van der Waals surface area contributed by atoms with E-state index in [-0.39, 0.29) is 6.04 Å². The lowest BCUT2D eigenvalue weighted by Crippen LogP contribution is -2.19. The molecule has 5 nitrogen and oxygen atoms in total. The van der Waals surface area contributed by atoms with E-state index in [0.29, 0.717) is 6.42 Å². The first kappa shape index (κ1) is 22.8. The lowest BCUT2D eigenvalue weighted by Gasteiger charge is -2.14. The Labute approximate surface area is 165 Å². The zero-order valence-corrected chi connectivity index (χ0v) is 17.3. The predicted molar refractivity (Wildman–Crippen MR) is 113 cm³/mol. The fraction of sp³-hybridized carbons (Fsp3) is 0.474. The molecule has 1 aromatic heterocycles. The van der Waals surface area contributed by atoms with Crippen LogP contribution in [0.15, 0.2) is 30.5 Å². The highest BCUT2D eigenvalue weighted by Gasteiger charge is 2.08. The smallest absolute Gasteiger partial charge is 0.120 e. The van der Waals surface area contributed by atoms with Gasteiger partial charge in [0.25, 0.3) is 0 Å². The molecule has 0 aliphatic carbocycles. The molecule has 7 heteroatoms. The van der Waals surface area contributed by atoms with Crippen LogP contribution in [0.2, 0.25) is 0 Å². The van der Waals surface area contributed by atoms with E-state index in [1.807, 2.05) is 13.2 Å². The van der Waals surface area contributed by atoms with Gasteiger partial charge in [-0.3, -0.25) is 0 Å². The second-order valence-corrected chi connectivity index (χ2v) is 7.35. The van der Waals surface area contributed by atoms with E-state index in [4.69, 9.17) is 4.55 Å². The maximum Gasteiger partial charge on any atom is 0.120 e. The summed E-state index contributed by atoms with van der Waals surface area (Å²) >= 11 is 2.40. The Kier molecular flexibility index (Phi) is 12.2. The molecule has 0 amide bonds. The Morgan fingerprint density at radius 3 is 2.77 bits per heavy atom. The molecule has 1 heterocycles. The molecule has 0 saturated heterocycles. The Morgan fingerprint density at radius 2 is 2.19 bits per heavy atom. The summed E-state index contributed by atoms with van der Waals surface area (Å²) < 4.78 is 12.3. The monoisotopic (exact) mass is 395 g/mol. The summed E-state index contributed by atoms with van der Waals surface area (Å²) in [6.45, 7) is 5.98. The number of nitrogens with zero attached hydrogens (tertiary/aromatic N) is 1. The van der Waals surface area contributed by atoms with Gasteiger partial charge in [0.05, 0.1) is 4.88 Å². The van der Waals surface area contributed by atoms with Crippen LogP contribution in [0.1, 0.15) is 36.9 Å². The number of nitrogens with one attached hydrogen (secondary N) is 2. The third-order valence-electron chi connectivity index (χ3n) is 3.79. The second kappa shape index (κ2) is 13.9. The van der Waals surface area contributed by atoms with Crippen molar-refractivity contribution in [2.24, 2.45) is 0 Å². The number of rotatable bonds is 10. The van der Waals surface area contributed by atoms with E-state index in [1.165, 1.54) is 33.1 Å². The van der Waals surface area contributed by atoms with Crippen molar-refractivity contribution < 1.29 is 9.35 Å². The van der Waals surface area contributed by atoms with E-state index in [2.05, 4.69) is 53.1 Å². The minimum Gasteiger partial charge on any atom is -0.330 e. The first-order valence-corrected chi connectivity index (χ1v) is 10.4. The van der Waals surface area contributed by atoms with E-state index in [9.17, 15) is 4.79 Å². The molecule has 0 fully saturated rings. The molecule has 0 aliphatic heterocycles. The lowest BCUT2D eigenvalue weighted by atomic mass is 10.0. The van der Waals surface area contributed by atoms with Crippen LogP contribution >= 0.6 is 23.6 Å². The summed E-state index contributed by atoms with van der Waals surface area (Å²) in [7, 11) is 1.86. The number of unbranched alkanes of at least 4 members (excludes halogenated alkanes) is 1. The highest BCUT2D eigenvalue weighted by molar-refractivity contribution is 7.93. The van der Waals surface area contributed by atoms with E-state index >= 15 is 0 Å². The van der Waals surface area contributed by atoms with Crippen molar-refractivity contribution in [2.75, 3.05) is 25.9 Å². The Morgan fingerprint density at radius 1 is 1.38 bits per heavy atom. The first-order chi connectivity index (χ1) is 12.6. The number of aromatic nitrogens is 1. The molecule has 1 atom stereocenters. The summed E-state index contributed by atoms with van der Waals surface area (Å²) in [5, 5.41) is 6.34. The topological polar surface area (TPSA) is 74.2 Å². The molecule has 3 N–H and O–H groups in total. The average Bonchev–Trinajstić information content (AvgIpc) is 3.10. The number of carbonyl (C=O) groups excluding carboxylic acids is 1. The van der Waals surface area contributed by atoms with Crippen LogP contribution in [0.3, 0.4) is 0 Å². The zero-order chi connectivity index (χ0) is 19.2. The Balaban J connectivity index is 0.000000487. The van der Waals surface area contributed by atoms with Crippen LogP contribution < -0.4 is 10.6 Å². The third-order valence-corrected chi connectivity index (χ3v) is 5.13. The standard InChI is InChI=1S/C16H20N2OS.C3H9NOS/c1-12-11-18-20-16(12)15-7-5-6-14(10-15)13(2)17-8-3-4-9-19;1-4-2-3-6-5/h5-7,9-11,13,17H,3-4,8H2,1-2H3;4-5H,2-3H2,1H3. The molecule has 2 aromatic rings. The molecule has 0 bridgehead atoms. The molecule has 0 saturated carbocycles. The fourth-order valence-corrected chi connectivity index (χ4v) is 3.33. The molecule has 0 spiro atoms. The summed E-state index contributed by atoms with van der Waals surface area (Å²) in [6, 6.07) is 8.86. The van der Waals surface area contributed by atoms with Gasteiger partial charge in [-0.05, 0) is 80.2 Å². The Bertz CT molecular complexity index is 631. The number of carbonyl (C=O) groups is 1. The van der Waals surface area contributed by atoms with Gasteiger partial charge in [-0.2, -0.15) is 0 Å². The van der Waals surface area contributed by atoms with Crippen LogP contribution in [0, 0.1) is 6.92 Å². The van der Waals surface area contributed by atoms with Gasteiger partial charge in [0.1, 0.15) is 6.29 Å². The van der Waals surface area contributed by atoms with Crippen LogP contribution in [0.4, 0.5) is 0 Å². The SMILES string of the molecule is CNCCSO.Cc1cnsc1-c1cccc(C(C)NCCCC=O)c1. The molecule has 1 unspecified atom stereocenters. The van der Waals surface area contributed by atoms with Gasteiger partial charge in [0.2, 0.25) is 0 Å². The van der Waals surface area contributed by atoms with Crippen molar-refractivity contribution in [3.63, 3.8) is 0 Å². The molecular formula is C19H29N3O2S2. The largest absolute Gasteiger partial charge is 0.330 e. The van der Waals surface area contributed by atoms with Gasteiger partial charge in [-0.15, -0.1) is 0 Å². The Hall–Kier alpha value is -1.25. The number of benzene rings is 1. The van der Waals surface area contributed by atoms with Crippen LogP contribution in [-0.4, -0.2) is 41.1 Å².